The highest BCUT2D eigenvalue weighted by Gasteiger charge is 2.48. The lowest BCUT2D eigenvalue weighted by atomic mass is 9.93. The number of rotatable bonds is 8. The lowest BCUT2D eigenvalue weighted by Gasteiger charge is -2.35. The number of nitrogens with zero attached hydrogens (tertiary/aromatic N) is 3. The van der Waals surface area contributed by atoms with Crippen LogP contribution >= 0.6 is 0 Å². The van der Waals surface area contributed by atoms with Gasteiger partial charge in [0, 0.05) is 25.2 Å². The molecule has 0 aromatic carbocycles. The van der Waals surface area contributed by atoms with Crippen LogP contribution in [0.4, 0.5) is 0 Å². The van der Waals surface area contributed by atoms with Crippen molar-refractivity contribution >= 4 is 0 Å². The van der Waals surface area contributed by atoms with Gasteiger partial charge in [-0.1, -0.05) is 6.92 Å². The SMILES string of the molecule is CCN1CCCC1CN(C)CC(C#N)(NC1CC1)C1CC1. The fourth-order valence-electron chi connectivity index (χ4n) is 3.99. The van der Waals surface area contributed by atoms with Crippen LogP contribution in [0.1, 0.15) is 45.4 Å². The number of hydrogen-bond acceptors (Lipinski definition) is 4. The highest BCUT2D eigenvalue weighted by atomic mass is 15.2. The molecule has 1 saturated heterocycles. The second-order valence-electron chi connectivity index (χ2n) is 7.40. The molecule has 4 heteroatoms. The van der Waals surface area contributed by atoms with Gasteiger partial charge in [0.2, 0.25) is 0 Å². The van der Waals surface area contributed by atoms with Crippen LogP contribution in [0.15, 0.2) is 0 Å². The highest BCUT2D eigenvalue weighted by Crippen LogP contribution is 2.41. The third-order valence-electron chi connectivity index (χ3n) is 5.46. The fraction of sp³-hybridized carbons (Fsp3) is 0.941. The van der Waals surface area contributed by atoms with E-state index in [9.17, 15) is 5.26 Å². The Morgan fingerprint density at radius 2 is 2.05 bits per heavy atom. The molecule has 21 heavy (non-hydrogen) atoms. The Bertz CT molecular complexity index is 396. The van der Waals surface area contributed by atoms with Gasteiger partial charge >= 0.3 is 0 Å². The molecule has 2 saturated carbocycles. The summed E-state index contributed by atoms with van der Waals surface area (Å²) in [4.78, 5) is 5.01. The summed E-state index contributed by atoms with van der Waals surface area (Å²) < 4.78 is 0. The second-order valence-corrected chi connectivity index (χ2v) is 7.40. The average Bonchev–Trinajstić information content (AvgIpc) is 3.37. The molecule has 0 aromatic heterocycles. The van der Waals surface area contributed by atoms with Crippen LogP contribution in [0.5, 0.6) is 0 Å². The maximum atomic E-state index is 9.82. The summed E-state index contributed by atoms with van der Waals surface area (Å²) in [6, 6.07) is 3.96. The number of likely N-dealkylation sites (tertiary alicyclic amines) is 1. The Balaban J connectivity index is 1.58. The topological polar surface area (TPSA) is 42.3 Å². The molecule has 0 aromatic rings. The van der Waals surface area contributed by atoms with E-state index in [0.717, 1.165) is 19.6 Å². The Morgan fingerprint density at radius 3 is 2.62 bits per heavy atom. The molecule has 2 aliphatic carbocycles. The normalized spacial score (nSPS) is 29.5. The lowest BCUT2D eigenvalue weighted by Crippen LogP contribution is -2.55. The molecule has 0 bridgehead atoms. The van der Waals surface area contributed by atoms with Gasteiger partial charge in [0.1, 0.15) is 5.54 Å². The number of likely N-dealkylation sites (N-methyl/N-ethyl adjacent to an activating group) is 2. The van der Waals surface area contributed by atoms with E-state index in [1.165, 1.54) is 45.1 Å². The maximum Gasteiger partial charge on any atom is 0.122 e. The van der Waals surface area contributed by atoms with Gasteiger partial charge in [-0.05, 0) is 64.6 Å². The number of nitriles is 1. The zero-order chi connectivity index (χ0) is 14.9. The third-order valence-corrected chi connectivity index (χ3v) is 5.46. The first kappa shape index (κ1) is 15.3. The van der Waals surface area contributed by atoms with Crippen LogP contribution in [-0.4, -0.2) is 60.6 Å². The van der Waals surface area contributed by atoms with E-state index in [1.54, 1.807) is 0 Å². The summed E-state index contributed by atoms with van der Waals surface area (Å²) in [5.74, 6) is 0.580. The van der Waals surface area contributed by atoms with Gasteiger partial charge in [0.15, 0.2) is 0 Å². The number of nitrogens with one attached hydrogen (secondary N) is 1. The van der Waals surface area contributed by atoms with Gasteiger partial charge in [-0.25, -0.2) is 0 Å². The van der Waals surface area contributed by atoms with Crippen molar-refractivity contribution in [2.75, 3.05) is 33.2 Å². The molecule has 1 heterocycles. The van der Waals surface area contributed by atoms with Gasteiger partial charge in [0.25, 0.3) is 0 Å². The van der Waals surface area contributed by atoms with E-state index in [-0.39, 0.29) is 5.54 Å². The van der Waals surface area contributed by atoms with Crippen molar-refractivity contribution < 1.29 is 0 Å². The van der Waals surface area contributed by atoms with Crippen molar-refractivity contribution in [1.29, 1.82) is 5.26 Å². The van der Waals surface area contributed by atoms with Crippen molar-refractivity contribution in [3.05, 3.63) is 0 Å². The molecule has 3 fully saturated rings. The van der Waals surface area contributed by atoms with E-state index in [4.69, 9.17) is 0 Å². The quantitative estimate of drug-likeness (QED) is 0.740. The molecule has 2 unspecified atom stereocenters. The predicted octanol–water partition coefficient (Wildman–Crippen LogP) is 1.83. The minimum atomic E-state index is -0.286. The van der Waals surface area contributed by atoms with Crippen LogP contribution in [0.25, 0.3) is 0 Å². The average molecular weight is 290 g/mol. The summed E-state index contributed by atoms with van der Waals surface area (Å²) in [6.07, 6.45) is 7.62. The van der Waals surface area contributed by atoms with E-state index in [1.807, 2.05) is 0 Å². The minimum absolute atomic E-state index is 0.286. The van der Waals surface area contributed by atoms with E-state index < -0.39 is 0 Å². The molecule has 3 aliphatic rings. The highest BCUT2D eigenvalue weighted by molar-refractivity contribution is 5.18. The van der Waals surface area contributed by atoms with Crippen LogP contribution in [-0.2, 0) is 0 Å². The maximum absolute atomic E-state index is 9.82. The monoisotopic (exact) mass is 290 g/mol. The summed E-state index contributed by atoms with van der Waals surface area (Å²) in [6.45, 7) is 6.66. The summed E-state index contributed by atoms with van der Waals surface area (Å²) in [5, 5.41) is 13.5. The van der Waals surface area contributed by atoms with Crippen molar-refractivity contribution in [3.8, 4) is 6.07 Å². The molecule has 0 radical (unpaired) electrons. The first-order valence-electron chi connectivity index (χ1n) is 8.78. The van der Waals surface area contributed by atoms with Gasteiger partial charge in [-0.2, -0.15) is 5.26 Å². The molecular weight excluding hydrogens is 260 g/mol. The van der Waals surface area contributed by atoms with Gasteiger partial charge in [0.05, 0.1) is 6.07 Å². The molecular formula is C17H30N4. The smallest absolute Gasteiger partial charge is 0.122 e. The first-order valence-corrected chi connectivity index (χ1v) is 8.78. The minimum Gasteiger partial charge on any atom is -0.302 e. The molecule has 0 spiro atoms. The molecule has 1 aliphatic heterocycles. The standard InChI is InChI=1S/C17H30N4/c1-3-21-10-4-5-16(21)11-20(2)13-17(12-18,14-6-7-14)19-15-8-9-15/h14-16,19H,3-11,13H2,1-2H3. The Kier molecular flexibility index (Phi) is 4.54. The van der Waals surface area contributed by atoms with Crippen molar-refractivity contribution in [2.45, 2.75) is 63.1 Å². The molecule has 0 amide bonds. The van der Waals surface area contributed by atoms with Crippen molar-refractivity contribution in [2.24, 2.45) is 5.92 Å². The molecule has 2 atom stereocenters. The molecule has 3 rings (SSSR count). The fourth-order valence-corrected chi connectivity index (χ4v) is 3.99. The van der Waals surface area contributed by atoms with Crippen molar-refractivity contribution in [1.82, 2.24) is 15.1 Å². The zero-order valence-corrected chi connectivity index (χ0v) is 13.6. The molecule has 1 N–H and O–H groups in total. The Morgan fingerprint density at radius 1 is 1.29 bits per heavy atom. The molecule has 118 valence electrons. The van der Waals surface area contributed by atoms with Crippen molar-refractivity contribution in [3.63, 3.8) is 0 Å². The van der Waals surface area contributed by atoms with Crippen LogP contribution < -0.4 is 5.32 Å². The van der Waals surface area contributed by atoms with Gasteiger partial charge < -0.3 is 4.90 Å². The Labute approximate surface area is 129 Å². The van der Waals surface area contributed by atoms with Crippen LogP contribution in [0.3, 0.4) is 0 Å². The second kappa shape index (κ2) is 6.24. The van der Waals surface area contributed by atoms with Crippen LogP contribution in [0, 0.1) is 17.2 Å². The summed E-state index contributed by atoms with van der Waals surface area (Å²) in [5.41, 5.74) is -0.286. The lowest BCUT2D eigenvalue weighted by molar-refractivity contribution is 0.166. The largest absolute Gasteiger partial charge is 0.302 e. The van der Waals surface area contributed by atoms with E-state index >= 15 is 0 Å². The summed E-state index contributed by atoms with van der Waals surface area (Å²) >= 11 is 0. The zero-order valence-electron chi connectivity index (χ0n) is 13.6. The third kappa shape index (κ3) is 3.59. The predicted molar refractivity (Wildman–Crippen MR) is 85.0 cm³/mol. The van der Waals surface area contributed by atoms with E-state index in [2.05, 4.69) is 35.2 Å². The molecule has 4 nitrogen and oxygen atoms in total. The van der Waals surface area contributed by atoms with Crippen LogP contribution in [0.2, 0.25) is 0 Å². The van der Waals surface area contributed by atoms with Gasteiger partial charge in [-0.3, -0.25) is 10.2 Å². The number of hydrogen-bond donors (Lipinski definition) is 1. The van der Waals surface area contributed by atoms with Gasteiger partial charge in [-0.15, -0.1) is 0 Å². The Hall–Kier alpha value is -0.630. The summed E-state index contributed by atoms with van der Waals surface area (Å²) in [7, 11) is 2.20. The van der Waals surface area contributed by atoms with E-state index in [0.29, 0.717) is 18.0 Å². The first-order chi connectivity index (χ1) is 10.2.